The molecule has 2 aromatic rings. The van der Waals surface area contributed by atoms with Gasteiger partial charge in [0.15, 0.2) is 0 Å². The lowest BCUT2D eigenvalue weighted by molar-refractivity contribution is 0.248. The van der Waals surface area contributed by atoms with Crippen LogP contribution in [0.25, 0.3) is 11.3 Å². The highest BCUT2D eigenvalue weighted by atomic mass is 15.0. The number of nitrogens with two attached hydrogens (primary N) is 1. The second-order valence-corrected chi connectivity index (χ2v) is 6.20. The fourth-order valence-corrected chi connectivity index (χ4v) is 3.41. The van der Waals surface area contributed by atoms with Gasteiger partial charge in [-0.05, 0) is 36.8 Å². The van der Waals surface area contributed by atoms with Gasteiger partial charge in [0.2, 0.25) is 0 Å². The molecule has 0 spiro atoms. The van der Waals surface area contributed by atoms with Gasteiger partial charge in [-0.15, -0.1) is 0 Å². The fourth-order valence-electron chi connectivity index (χ4n) is 3.41. The van der Waals surface area contributed by atoms with Gasteiger partial charge in [-0.3, -0.25) is 0 Å². The number of anilines is 1. The first-order valence-corrected chi connectivity index (χ1v) is 7.98. The summed E-state index contributed by atoms with van der Waals surface area (Å²) in [6, 6.07) is 3.92. The molecule has 1 aliphatic carbocycles. The molecular weight excluding hydrogens is 260 g/mol. The van der Waals surface area contributed by atoms with Crippen molar-refractivity contribution < 1.29 is 0 Å². The smallest absolute Gasteiger partial charge is 0.123 e. The molecule has 1 fully saturated rings. The number of imidazole rings is 1. The van der Waals surface area contributed by atoms with Gasteiger partial charge < -0.3 is 10.3 Å². The summed E-state index contributed by atoms with van der Waals surface area (Å²) in [5, 5.41) is 0. The van der Waals surface area contributed by atoms with Crippen molar-refractivity contribution in [2.24, 2.45) is 11.8 Å². The zero-order chi connectivity index (χ0) is 14.7. The van der Waals surface area contributed by atoms with Crippen molar-refractivity contribution in [3.63, 3.8) is 0 Å². The van der Waals surface area contributed by atoms with Crippen LogP contribution < -0.4 is 5.73 Å². The van der Waals surface area contributed by atoms with Crippen molar-refractivity contribution >= 4 is 5.82 Å². The molecule has 1 saturated carbocycles. The average Bonchev–Trinajstić information content (AvgIpc) is 2.96. The van der Waals surface area contributed by atoms with Crippen molar-refractivity contribution in [2.75, 3.05) is 5.73 Å². The summed E-state index contributed by atoms with van der Waals surface area (Å²) in [6.07, 6.45) is 12.4. The number of hydrogen-bond donors (Lipinski definition) is 1. The standard InChI is InChI=1S/C17H24N4/c1-2-13-3-5-14(6-4-13)11-21-12-19-10-16(21)15-7-8-20-17(18)9-15/h7-10,12-14H,2-6,11H2,1H3,(H2,18,20). The highest BCUT2D eigenvalue weighted by molar-refractivity contribution is 5.61. The predicted octanol–water partition coefficient (Wildman–Crippen LogP) is 3.74. The minimum absolute atomic E-state index is 0.559. The van der Waals surface area contributed by atoms with E-state index in [0.717, 1.165) is 29.6 Å². The largest absolute Gasteiger partial charge is 0.384 e. The van der Waals surface area contributed by atoms with Crippen LogP contribution in [0.3, 0.4) is 0 Å². The van der Waals surface area contributed by atoms with Gasteiger partial charge in [0.25, 0.3) is 0 Å². The Morgan fingerprint density at radius 1 is 1.24 bits per heavy atom. The van der Waals surface area contributed by atoms with Gasteiger partial charge in [0, 0.05) is 18.3 Å². The van der Waals surface area contributed by atoms with Crippen LogP contribution in [0.15, 0.2) is 30.9 Å². The molecule has 21 heavy (non-hydrogen) atoms. The molecule has 0 saturated heterocycles. The molecule has 1 aliphatic rings. The summed E-state index contributed by atoms with van der Waals surface area (Å²) >= 11 is 0. The summed E-state index contributed by atoms with van der Waals surface area (Å²) in [5.41, 5.74) is 8.03. The van der Waals surface area contributed by atoms with E-state index in [2.05, 4.69) is 21.5 Å². The maximum atomic E-state index is 5.79. The van der Waals surface area contributed by atoms with E-state index in [-0.39, 0.29) is 0 Å². The summed E-state index contributed by atoms with van der Waals surface area (Å²) in [4.78, 5) is 8.39. The fraction of sp³-hybridized carbons (Fsp3) is 0.529. The molecule has 0 unspecified atom stereocenters. The second-order valence-electron chi connectivity index (χ2n) is 6.20. The van der Waals surface area contributed by atoms with E-state index < -0.39 is 0 Å². The Hall–Kier alpha value is -1.84. The third kappa shape index (κ3) is 3.26. The number of rotatable bonds is 4. The van der Waals surface area contributed by atoms with E-state index in [0.29, 0.717) is 5.82 Å². The molecule has 0 aliphatic heterocycles. The van der Waals surface area contributed by atoms with Crippen molar-refractivity contribution in [1.82, 2.24) is 14.5 Å². The maximum absolute atomic E-state index is 5.79. The molecule has 4 nitrogen and oxygen atoms in total. The lowest BCUT2D eigenvalue weighted by Gasteiger charge is -2.28. The molecule has 112 valence electrons. The van der Waals surface area contributed by atoms with Gasteiger partial charge in [-0.25, -0.2) is 9.97 Å². The second kappa shape index (κ2) is 6.29. The molecule has 2 N–H and O–H groups in total. The quantitative estimate of drug-likeness (QED) is 0.930. The predicted molar refractivity (Wildman–Crippen MR) is 85.6 cm³/mol. The summed E-state index contributed by atoms with van der Waals surface area (Å²) < 4.78 is 2.27. The summed E-state index contributed by atoms with van der Waals surface area (Å²) in [6.45, 7) is 3.38. The van der Waals surface area contributed by atoms with Crippen LogP contribution in [0.4, 0.5) is 5.82 Å². The molecule has 3 rings (SSSR count). The zero-order valence-electron chi connectivity index (χ0n) is 12.7. The van der Waals surface area contributed by atoms with E-state index in [1.54, 1.807) is 6.20 Å². The first-order chi connectivity index (χ1) is 10.3. The Bertz CT molecular complexity index is 582. The van der Waals surface area contributed by atoms with Crippen molar-refractivity contribution in [1.29, 1.82) is 0 Å². The Morgan fingerprint density at radius 2 is 2.00 bits per heavy atom. The third-order valence-corrected chi connectivity index (χ3v) is 4.79. The Balaban J connectivity index is 1.72. The van der Waals surface area contributed by atoms with E-state index in [4.69, 9.17) is 5.73 Å². The van der Waals surface area contributed by atoms with Crippen LogP contribution >= 0.6 is 0 Å². The molecular formula is C17H24N4. The monoisotopic (exact) mass is 284 g/mol. The van der Waals surface area contributed by atoms with E-state index >= 15 is 0 Å². The number of nitrogen functional groups attached to an aromatic ring is 1. The Kier molecular flexibility index (Phi) is 4.23. The first-order valence-electron chi connectivity index (χ1n) is 7.98. The molecule has 4 heteroatoms. The van der Waals surface area contributed by atoms with E-state index in [1.807, 2.05) is 24.7 Å². The minimum Gasteiger partial charge on any atom is -0.384 e. The minimum atomic E-state index is 0.559. The number of pyridine rings is 1. The van der Waals surface area contributed by atoms with Crippen molar-refractivity contribution in [3.05, 3.63) is 30.9 Å². The lowest BCUT2D eigenvalue weighted by atomic mass is 9.81. The highest BCUT2D eigenvalue weighted by Crippen LogP contribution is 2.32. The number of aromatic nitrogens is 3. The third-order valence-electron chi connectivity index (χ3n) is 4.79. The zero-order valence-corrected chi connectivity index (χ0v) is 12.7. The van der Waals surface area contributed by atoms with E-state index in [9.17, 15) is 0 Å². The van der Waals surface area contributed by atoms with Crippen LogP contribution in [-0.4, -0.2) is 14.5 Å². The Labute approximate surface area is 126 Å². The summed E-state index contributed by atoms with van der Waals surface area (Å²) in [5.74, 6) is 2.28. The highest BCUT2D eigenvalue weighted by Gasteiger charge is 2.21. The van der Waals surface area contributed by atoms with Crippen molar-refractivity contribution in [2.45, 2.75) is 45.6 Å². The van der Waals surface area contributed by atoms with Crippen LogP contribution in [0.1, 0.15) is 39.0 Å². The van der Waals surface area contributed by atoms with Crippen LogP contribution in [0, 0.1) is 11.8 Å². The SMILES string of the molecule is CCC1CCC(Cn2cncc2-c2ccnc(N)c2)CC1. The number of hydrogen-bond acceptors (Lipinski definition) is 3. The molecule has 0 atom stereocenters. The number of nitrogens with zero attached hydrogens (tertiary/aromatic N) is 3. The van der Waals surface area contributed by atoms with Gasteiger partial charge in [-0.1, -0.05) is 26.2 Å². The van der Waals surface area contributed by atoms with Crippen LogP contribution in [-0.2, 0) is 6.54 Å². The molecule has 0 aromatic carbocycles. The topological polar surface area (TPSA) is 56.7 Å². The molecule has 0 amide bonds. The first kappa shape index (κ1) is 14.1. The van der Waals surface area contributed by atoms with Crippen LogP contribution in [0.5, 0.6) is 0 Å². The molecule has 0 bridgehead atoms. The molecule has 2 aromatic heterocycles. The van der Waals surface area contributed by atoms with Gasteiger partial charge in [-0.2, -0.15) is 0 Å². The maximum Gasteiger partial charge on any atom is 0.123 e. The Morgan fingerprint density at radius 3 is 2.71 bits per heavy atom. The molecule has 0 radical (unpaired) electrons. The van der Waals surface area contributed by atoms with Crippen LogP contribution in [0.2, 0.25) is 0 Å². The van der Waals surface area contributed by atoms with Gasteiger partial charge in [0.1, 0.15) is 5.82 Å². The average molecular weight is 284 g/mol. The normalized spacial score (nSPS) is 22.3. The van der Waals surface area contributed by atoms with E-state index in [1.165, 1.54) is 32.1 Å². The van der Waals surface area contributed by atoms with Gasteiger partial charge >= 0.3 is 0 Å². The van der Waals surface area contributed by atoms with Crippen molar-refractivity contribution in [3.8, 4) is 11.3 Å². The van der Waals surface area contributed by atoms with Gasteiger partial charge in [0.05, 0.1) is 18.2 Å². The lowest BCUT2D eigenvalue weighted by Crippen LogP contribution is -2.18. The summed E-state index contributed by atoms with van der Waals surface area (Å²) in [7, 11) is 0. The molecule has 2 heterocycles.